The van der Waals surface area contributed by atoms with E-state index in [-0.39, 0.29) is 11.3 Å². The molecule has 1 aromatic carbocycles. The fourth-order valence-corrected chi connectivity index (χ4v) is 2.71. The number of aliphatic imine (C=N–C) groups is 1. The van der Waals surface area contributed by atoms with Gasteiger partial charge in [-0.3, -0.25) is 4.79 Å². The largest absolute Gasteiger partial charge is 0.339 e. The summed E-state index contributed by atoms with van der Waals surface area (Å²) in [6.45, 7) is 0. The Balaban J connectivity index is 2.13. The Morgan fingerprint density at radius 2 is 2.11 bits per heavy atom. The average Bonchev–Trinajstić information content (AvgIpc) is 2.71. The first-order valence-electron chi connectivity index (χ1n) is 5.68. The van der Waals surface area contributed by atoms with Crippen LogP contribution in [0.4, 0.5) is 4.79 Å². The number of isocyanates is 1. The predicted molar refractivity (Wildman–Crippen MR) is 70.7 cm³/mol. The van der Waals surface area contributed by atoms with Gasteiger partial charge in [-0.05, 0) is 47.9 Å². The third kappa shape index (κ3) is 2.81. The van der Waals surface area contributed by atoms with E-state index in [1.807, 2.05) is 18.2 Å². The number of fused-ring (bicyclic) bond motifs is 1. The highest BCUT2D eigenvalue weighted by atomic mass is 32.2. The van der Waals surface area contributed by atoms with Gasteiger partial charge in [0.1, 0.15) is 0 Å². The first-order valence-corrected chi connectivity index (χ1v) is 6.49. The fourth-order valence-electron chi connectivity index (χ4n) is 1.99. The lowest BCUT2D eigenvalue weighted by Gasteiger charge is -2.09. The Labute approximate surface area is 110 Å². The molecule has 1 unspecified atom stereocenters. The van der Waals surface area contributed by atoms with Crippen LogP contribution >= 0.6 is 11.8 Å². The molecule has 0 fully saturated rings. The Morgan fingerprint density at radius 3 is 2.78 bits per heavy atom. The molecule has 0 aliphatic heterocycles. The molecule has 0 saturated carbocycles. The fraction of sp³-hybridized carbons (Fsp3) is 0.385. The van der Waals surface area contributed by atoms with Gasteiger partial charge in [-0.15, -0.1) is 0 Å². The van der Waals surface area contributed by atoms with Crippen LogP contribution < -0.4 is 0 Å². The zero-order chi connectivity index (χ0) is 13.1. The van der Waals surface area contributed by atoms with Crippen molar-refractivity contribution in [2.24, 2.45) is 4.99 Å². The summed E-state index contributed by atoms with van der Waals surface area (Å²) in [7, 11) is 3.47. The Kier molecular flexibility index (Phi) is 3.84. The summed E-state index contributed by atoms with van der Waals surface area (Å²) in [5.74, 6) is 0. The van der Waals surface area contributed by atoms with E-state index in [1.165, 1.54) is 22.9 Å². The molecule has 1 atom stereocenters. The second-order valence-electron chi connectivity index (χ2n) is 4.48. The molecule has 1 aromatic rings. The molecule has 0 saturated heterocycles. The molecule has 0 aromatic heterocycles. The molecule has 0 heterocycles. The molecule has 0 radical (unpaired) electrons. The van der Waals surface area contributed by atoms with E-state index in [1.54, 1.807) is 25.1 Å². The summed E-state index contributed by atoms with van der Waals surface area (Å²) in [6.07, 6.45) is 3.16. The third-order valence-electron chi connectivity index (χ3n) is 2.89. The van der Waals surface area contributed by atoms with Crippen molar-refractivity contribution in [1.29, 1.82) is 0 Å². The van der Waals surface area contributed by atoms with Crippen LogP contribution in [0.1, 0.15) is 11.1 Å². The monoisotopic (exact) mass is 262 g/mol. The van der Waals surface area contributed by atoms with E-state index in [9.17, 15) is 9.59 Å². The van der Waals surface area contributed by atoms with Gasteiger partial charge in [-0.2, -0.15) is 0 Å². The summed E-state index contributed by atoms with van der Waals surface area (Å²) in [5.41, 5.74) is 2.39. The van der Waals surface area contributed by atoms with Crippen LogP contribution in [-0.2, 0) is 17.6 Å². The number of rotatable bonds is 2. The second-order valence-corrected chi connectivity index (χ2v) is 5.50. The number of carbonyl (C=O) groups excluding carboxylic acids is 2. The normalized spacial score (nSPS) is 16.9. The minimum atomic E-state index is 0.00964. The molecular formula is C13H14N2O2S. The molecule has 0 bridgehead atoms. The molecule has 4 nitrogen and oxygen atoms in total. The molecule has 5 heteroatoms. The predicted octanol–water partition coefficient (Wildman–Crippen LogP) is 2.26. The van der Waals surface area contributed by atoms with Gasteiger partial charge >= 0.3 is 0 Å². The lowest BCUT2D eigenvalue weighted by Crippen LogP contribution is -2.16. The molecule has 0 spiro atoms. The minimum absolute atomic E-state index is 0.00964. The summed E-state index contributed by atoms with van der Waals surface area (Å²) in [5, 5.41) is 0.00964. The zero-order valence-electron chi connectivity index (χ0n) is 10.3. The number of hydrogen-bond acceptors (Lipinski definition) is 4. The molecule has 1 aliphatic rings. The highest BCUT2D eigenvalue weighted by Gasteiger charge is 2.21. The topological polar surface area (TPSA) is 49.7 Å². The highest BCUT2D eigenvalue weighted by molar-refractivity contribution is 8.13. The number of amides is 1. The molecular weight excluding hydrogens is 248 g/mol. The van der Waals surface area contributed by atoms with Crippen LogP contribution in [0.15, 0.2) is 28.1 Å². The van der Waals surface area contributed by atoms with E-state index in [2.05, 4.69) is 4.99 Å². The summed E-state index contributed by atoms with van der Waals surface area (Å²) < 4.78 is 0. The zero-order valence-corrected chi connectivity index (χ0v) is 11.2. The van der Waals surface area contributed by atoms with Gasteiger partial charge in [0.2, 0.25) is 6.08 Å². The highest BCUT2D eigenvalue weighted by Crippen LogP contribution is 2.29. The first kappa shape index (κ1) is 12.9. The Hall–Kier alpha value is -1.58. The van der Waals surface area contributed by atoms with E-state index in [4.69, 9.17) is 0 Å². The summed E-state index contributed by atoms with van der Waals surface area (Å²) in [6, 6.07) is 5.99. The minimum Gasteiger partial charge on any atom is -0.339 e. The van der Waals surface area contributed by atoms with E-state index >= 15 is 0 Å². The van der Waals surface area contributed by atoms with Crippen molar-refractivity contribution in [3.05, 3.63) is 29.3 Å². The first-order chi connectivity index (χ1) is 8.60. The molecule has 94 valence electrons. The van der Waals surface area contributed by atoms with Crippen LogP contribution in [0.2, 0.25) is 0 Å². The molecule has 18 heavy (non-hydrogen) atoms. The van der Waals surface area contributed by atoms with Crippen molar-refractivity contribution >= 4 is 23.1 Å². The summed E-state index contributed by atoms with van der Waals surface area (Å²) in [4.78, 5) is 28.1. The Morgan fingerprint density at radius 1 is 1.39 bits per heavy atom. The van der Waals surface area contributed by atoms with Crippen LogP contribution in [0.3, 0.4) is 0 Å². The van der Waals surface area contributed by atoms with Gasteiger partial charge in [-0.1, -0.05) is 6.07 Å². The number of thioether (sulfide) groups is 1. The molecule has 1 amide bonds. The lowest BCUT2D eigenvalue weighted by atomic mass is 10.1. The second kappa shape index (κ2) is 5.38. The van der Waals surface area contributed by atoms with Gasteiger partial charge in [-0.25, -0.2) is 9.79 Å². The average molecular weight is 262 g/mol. The quantitative estimate of drug-likeness (QED) is 0.466. The van der Waals surface area contributed by atoms with Crippen molar-refractivity contribution in [3.8, 4) is 0 Å². The van der Waals surface area contributed by atoms with Crippen LogP contribution in [-0.4, -0.2) is 36.4 Å². The van der Waals surface area contributed by atoms with Gasteiger partial charge in [0.15, 0.2) is 0 Å². The third-order valence-corrected chi connectivity index (χ3v) is 3.92. The lowest BCUT2D eigenvalue weighted by molar-refractivity contribution is 0.241. The van der Waals surface area contributed by atoms with Crippen LogP contribution in [0.25, 0.3) is 0 Å². The van der Waals surface area contributed by atoms with Crippen molar-refractivity contribution < 1.29 is 9.59 Å². The van der Waals surface area contributed by atoms with E-state index in [0.717, 1.165) is 17.7 Å². The summed E-state index contributed by atoms with van der Waals surface area (Å²) >= 11 is 1.21. The van der Waals surface area contributed by atoms with Gasteiger partial charge in [0, 0.05) is 19.0 Å². The molecule has 2 rings (SSSR count). The maximum absolute atomic E-state index is 11.6. The van der Waals surface area contributed by atoms with Crippen LogP contribution in [0, 0.1) is 0 Å². The Bertz CT molecular complexity index is 522. The molecule has 0 N–H and O–H groups in total. The standard InChI is InChI=1S/C13H14N2O2S/c1-15(2)13(17)18-12-4-3-9-5-11(14-8-16)6-10(9)7-12/h3-4,7,11H,5-6H2,1-2H3. The van der Waals surface area contributed by atoms with Crippen molar-refractivity contribution in [1.82, 2.24) is 4.90 Å². The van der Waals surface area contributed by atoms with Gasteiger partial charge in [0.05, 0.1) is 6.04 Å². The molecule has 1 aliphatic carbocycles. The number of carbonyl (C=O) groups is 1. The van der Waals surface area contributed by atoms with Crippen LogP contribution in [0.5, 0.6) is 0 Å². The van der Waals surface area contributed by atoms with Crippen molar-refractivity contribution in [2.45, 2.75) is 23.8 Å². The van der Waals surface area contributed by atoms with E-state index in [0.29, 0.717) is 0 Å². The van der Waals surface area contributed by atoms with Gasteiger partial charge < -0.3 is 4.90 Å². The maximum Gasteiger partial charge on any atom is 0.285 e. The number of benzene rings is 1. The van der Waals surface area contributed by atoms with Crippen molar-refractivity contribution in [3.63, 3.8) is 0 Å². The number of hydrogen-bond donors (Lipinski definition) is 0. The van der Waals surface area contributed by atoms with Gasteiger partial charge in [0.25, 0.3) is 5.24 Å². The van der Waals surface area contributed by atoms with Crippen molar-refractivity contribution in [2.75, 3.05) is 14.1 Å². The van der Waals surface area contributed by atoms with E-state index < -0.39 is 0 Å². The maximum atomic E-state index is 11.6. The smallest absolute Gasteiger partial charge is 0.285 e. The SMILES string of the molecule is CN(C)C(=O)Sc1ccc2c(c1)CC(N=C=O)C2. The number of nitrogens with zero attached hydrogens (tertiary/aromatic N) is 2.